The number of aromatic nitrogens is 3. The van der Waals surface area contributed by atoms with Crippen molar-refractivity contribution in [3.8, 4) is 22.4 Å². The van der Waals surface area contributed by atoms with Crippen LogP contribution in [0.1, 0.15) is 11.3 Å². The lowest BCUT2D eigenvalue weighted by Crippen LogP contribution is -2.28. The average Bonchev–Trinajstić information content (AvgIpc) is 3.26. The van der Waals surface area contributed by atoms with E-state index in [4.69, 9.17) is 4.74 Å². The highest BCUT2D eigenvalue weighted by Crippen LogP contribution is 2.36. The van der Waals surface area contributed by atoms with Crippen molar-refractivity contribution in [3.63, 3.8) is 0 Å². The molecule has 0 unspecified atom stereocenters. The number of rotatable bonds is 4. The fraction of sp³-hybridized carbons (Fsp3) is 0.250. The van der Waals surface area contributed by atoms with Crippen LogP contribution in [0.3, 0.4) is 0 Å². The molecule has 3 heterocycles. The molecule has 0 spiro atoms. The van der Waals surface area contributed by atoms with Gasteiger partial charge < -0.3 is 9.64 Å². The van der Waals surface area contributed by atoms with E-state index in [1.54, 1.807) is 27.9 Å². The van der Waals surface area contributed by atoms with E-state index in [-0.39, 0.29) is 18.3 Å². The van der Waals surface area contributed by atoms with Gasteiger partial charge in [-0.05, 0) is 35.9 Å². The lowest BCUT2D eigenvalue weighted by molar-refractivity contribution is -0.135. The van der Waals surface area contributed by atoms with Crippen LogP contribution in [0, 0.1) is 5.82 Å². The SMILES string of the molecule is COCC(=O)N1Cc2nccc(-c3cn(C)nc3-c3ccc(F)cc3)c2C1. The summed E-state index contributed by atoms with van der Waals surface area (Å²) in [4.78, 5) is 18.4. The molecule has 0 saturated carbocycles. The van der Waals surface area contributed by atoms with Crippen LogP contribution >= 0.6 is 0 Å². The van der Waals surface area contributed by atoms with Gasteiger partial charge in [-0.2, -0.15) is 5.10 Å². The van der Waals surface area contributed by atoms with Gasteiger partial charge in [0.1, 0.15) is 18.1 Å². The molecule has 3 aromatic rings. The van der Waals surface area contributed by atoms with Gasteiger partial charge in [0.05, 0.1) is 12.2 Å². The molecule has 0 radical (unpaired) electrons. The third kappa shape index (κ3) is 3.21. The summed E-state index contributed by atoms with van der Waals surface area (Å²) in [5, 5.41) is 4.57. The third-order valence-corrected chi connectivity index (χ3v) is 4.69. The molecular weight excluding hydrogens is 347 g/mol. The minimum Gasteiger partial charge on any atom is -0.375 e. The Labute approximate surface area is 156 Å². The number of nitrogens with zero attached hydrogens (tertiary/aromatic N) is 4. The van der Waals surface area contributed by atoms with Crippen LogP contribution in [-0.2, 0) is 29.7 Å². The first-order valence-electron chi connectivity index (χ1n) is 8.60. The second-order valence-electron chi connectivity index (χ2n) is 6.54. The molecule has 1 amide bonds. The number of aryl methyl sites for hydroxylation is 1. The van der Waals surface area contributed by atoms with E-state index in [0.717, 1.165) is 33.6 Å². The Kier molecular flexibility index (Phi) is 4.45. The van der Waals surface area contributed by atoms with Crippen molar-refractivity contribution in [3.05, 3.63) is 59.8 Å². The maximum absolute atomic E-state index is 13.3. The normalized spacial score (nSPS) is 13.1. The Morgan fingerprint density at radius 2 is 1.96 bits per heavy atom. The van der Waals surface area contributed by atoms with E-state index in [0.29, 0.717) is 13.1 Å². The summed E-state index contributed by atoms with van der Waals surface area (Å²) < 4.78 is 20.0. The predicted octanol–water partition coefficient (Wildman–Crippen LogP) is 2.78. The number of hydrogen-bond donors (Lipinski definition) is 0. The third-order valence-electron chi connectivity index (χ3n) is 4.69. The second kappa shape index (κ2) is 6.92. The van der Waals surface area contributed by atoms with Crippen LogP contribution in [0.2, 0.25) is 0 Å². The number of halogens is 1. The van der Waals surface area contributed by atoms with Crippen LogP contribution in [0.5, 0.6) is 0 Å². The second-order valence-corrected chi connectivity index (χ2v) is 6.54. The summed E-state index contributed by atoms with van der Waals surface area (Å²) in [7, 11) is 3.36. The fourth-order valence-electron chi connectivity index (χ4n) is 3.43. The molecule has 0 aliphatic carbocycles. The summed E-state index contributed by atoms with van der Waals surface area (Å²) >= 11 is 0. The quantitative estimate of drug-likeness (QED) is 0.712. The monoisotopic (exact) mass is 366 g/mol. The van der Waals surface area contributed by atoms with Crippen molar-refractivity contribution >= 4 is 5.91 Å². The molecule has 0 saturated heterocycles. The number of pyridine rings is 1. The fourth-order valence-corrected chi connectivity index (χ4v) is 3.43. The minimum absolute atomic E-state index is 0.0526. The smallest absolute Gasteiger partial charge is 0.249 e. The van der Waals surface area contributed by atoms with Gasteiger partial charge in [0.15, 0.2) is 0 Å². The van der Waals surface area contributed by atoms with Gasteiger partial charge in [-0.25, -0.2) is 4.39 Å². The molecule has 4 rings (SSSR count). The van der Waals surface area contributed by atoms with E-state index in [1.165, 1.54) is 19.2 Å². The Hall–Kier alpha value is -3.06. The Morgan fingerprint density at radius 3 is 2.70 bits per heavy atom. The van der Waals surface area contributed by atoms with Crippen molar-refractivity contribution in [2.24, 2.45) is 7.05 Å². The number of amides is 1. The number of ether oxygens (including phenoxy) is 1. The minimum atomic E-state index is -0.284. The topological polar surface area (TPSA) is 60.2 Å². The summed E-state index contributed by atoms with van der Waals surface area (Å²) in [6.07, 6.45) is 3.69. The molecular formula is C20H19FN4O2. The van der Waals surface area contributed by atoms with Crippen molar-refractivity contribution in [1.82, 2.24) is 19.7 Å². The molecule has 1 aromatic carbocycles. The number of carbonyl (C=O) groups is 1. The van der Waals surface area contributed by atoms with Gasteiger partial charge in [0.2, 0.25) is 5.91 Å². The van der Waals surface area contributed by atoms with E-state index >= 15 is 0 Å². The van der Waals surface area contributed by atoms with Gasteiger partial charge >= 0.3 is 0 Å². The molecule has 6 nitrogen and oxygen atoms in total. The summed E-state index contributed by atoms with van der Waals surface area (Å²) in [5.74, 6) is -0.347. The lowest BCUT2D eigenvalue weighted by Gasteiger charge is -2.14. The molecule has 138 valence electrons. The van der Waals surface area contributed by atoms with Gasteiger partial charge in [-0.15, -0.1) is 0 Å². The van der Waals surface area contributed by atoms with Gasteiger partial charge in [-0.1, -0.05) is 0 Å². The first kappa shape index (κ1) is 17.4. The van der Waals surface area contributed by atoms with E-state index in [2.05, 4.69) is 10.1 Å². The molecule has 0 fully saturated rings. The number of carbonyl (C=O) groups excluding carboxylic acids is 1. The van der Waals surface area contributed by atoms with Crippen molar-refractivity contribution < 1.29 is 13.9 Å². The standard InChI is InChI=1S/C20H19FN4O2/c1-24-9-17(20(23-24)13-3-5-14(21)6-4-13)15-7-8-22-18-11-25(10-16(15)18)19(26)12-27-2/h3-9H,10-12H2,1-2H3. The molecule has 2 aromatic heterocycles. The lowest BCUT2D eigenvalue weighted by atomic mass is 9.98. The molecule has 0 atom stereocenters. The first-order chi connectivity index (χ1) is 13.1. The molecule has 27 heavy (non-hydrogen) atoms. The van der Waals surface area contributed by atoms with Crippen molar-refractivity contribution in [1.29, 1.82) is 0 Å². The molecule has 1 aliphatic heterocycles. The zero-order valence-electron chi connectivity index (χ0n) is 15.1. The zero-order chi connectivity index (χ0) is 19.0. The average molecular weight is 366 g/mol. The Balaban J connectivity index is 1.76. The van der Waals surface area contributed by atoms with E-state index in [9.17, 15) is 9.18 Å². The Morgan fingerprint density at radius 1 is 1.19 bits per heavy atom. The van der Waals surface area contributed by atoms with Gasteiger partial charge in [0.25, 0.3) is 0 Å². The number of hydrogen-bond acceptors (Lipinski definition) is 4. The molecule has 0 N–H and O–H groups in total. The van der Waals surface area contributed by atoms with Crippen LogP contribution in [-0.4, -0.2) is 39.3 Å². The maximum Gasteiger partial charge on any atom is 0.249 e. The summed E-state index contributed by atoms with van der Waals surface area (Å²) in [6, 6.07) is 8.23. The predicted molar refractivity (Wildman–Crippen MR) is 98.0 cm³/mol. The van der Waals surface area contributed by atoms with Crippen LogP contribution in [0.15, 0.2) is 42.7 Å². The highest BCUT2D eigenvalue weighted by atomic mass is 19.1. The summed E-state index contributed by atoms with van der Waals surface area (Å²) in [5.41, 5.74) is 5.42. The molecule has 0 bridgehead atoms. The highest BCUT2D eigenvalue weighted by molar-refractivity contribution is 5.84. The highest BCUT2D eigenvalue weighted by Gasteiger charge is 2.28. The number of fused-ring (bicyclic) bond motifs is 1. The maximum atomic E-state index is 13.3. The van der Waals surface area contributed by atoms with Crippen molar-refractivity contribution in [2.45, 2.75) is 13.1 Å². The van der Waals surface area contributed by atoms with Crippen LogP contribution < -0.4 is 0 Å². The van der Waals surface area contributed by atoms with Gasteiger partial charge in [0, 0.05) is 49.8 Å². The van der Waals surface area contributed by atoms with E-state index in [1.807, 2.05) is 19.3 Å². The molecule has 1 aliphatic rings. The number of benzene rings is 1. The first-order valence-corrected chi connectivity index (χ1v) is 8.60. The van der Waals surface area contributed by atoms with E-state index < -0.39 is 0 Å². The van der Waals surface area contributed by atoms with Crippen molar-refractivity contribution in [2.75, 3.05) is 13.7 Å². The largest absolute Gasteiger partial charge is 0.375 e. The zero-order valence-corrected chi connectivity index (χ0v) is 15.1. The Bertz CT molecular complexity index is 998. The number of methoxy groups -OCH3 is 1. The van der Waals surface area contributed by atoms with Gasteiger partial charge in [-0.3, -0.25) is 14.5 Å². The van der Waals surface area contributed by atoms with Crippen LogP contribution in [0.25, 0.3) is 22.4 Å². The molecule has 7 heteroatoms. The summed E-state index contributed by atoms with van der Waals surface area (Å²) in [6.45, 7) is 1.01. The van der Waals surface area contributed by atoms with Crippen LogP contribution in [0.4, 0.5) is 4.39 Å².